The van der Waals surface area contributed by atoms with Crippen LogP contribution in [0.1, 0.15) is 62.3 Å². The maximum Gasteiger partial charge on any atom is 0.325 e. The number of esters is 2. The SMILES string of the molecule is CCOC(=O)CNc1cc(OC)c(C)cc1[C@@H]1CCc2cc(OC(=O)C(C)(C)C)ccc2C1. The van der Waals surface area contributed by atoms with Gasteiger partial charge in [-0.3, -0.25) is 9.59 Å². The summed E-state index contributed by atoms with van der Waals surface area (Å²) in [5, 5.41) is 3.25. The molecule has 2 aromatic rings. The third-order valence-electron chi connectivity index (χ3n) is 5.96. The van der Waals surface area contributed by atoms with Crippen molar-refractivity contribution in [1.82, 2.24) is 0 Å². The summed E-state index contributed by atoms with van der Waals surface area (Å²) in [6.45, 7) is 9.85. The largest absolute Gasteiger partial charge is 0.496 e. The minimum atomic E-state index is -0.541. The lowest BCUT2D eigenvalue weighted by molar-refractivity contribution is -0.143. The van der Waals surface area contributed by atoms with E-state index in [9.17, 15) is 9.59 Å². The third kappa shape index (κ3) is 6.06. The van der Waals surface area contributed by atoms with Gasteiger partial charge in [-0.05, 0) is 94.2 Å². The molecule has 2 aromatic carbocycles. The Kier molecular flexibility index (Phi) is 7.67. The molecule has 0 spiro atoms. The molecule has 3 rings (SSSR count). The van der Waals surface area contributed by atoms with Crippen LogP contribution in [-0.4, -0.2) is 32.2 Å². The number of benzene rings is 2. The van der Waals surface area contributed by atoms with Crippen molar-refractivity contribution in [2.75, 3.05) is 25.6 Å². The lowest BCUT2D eigenvalue weighted by Gasteiger charge is -2.28. The molecule has 0 bridgehead atoms. The second-order valence-corrected chi connectivity index (χ2v) is 9.58. The number of rotatable bonds is 7. The van der Waals surface area contributed by atoms with E-state index in [1.165, 1.54) is 16.7 Å². The highest BCUT2D eigenvalue weighted by molar-refractivity contribution is 5.78. The van der Waals surface area contributed by atoms with Crippen LogP contribution in [0, 0.1) is 12.3 Å². The summed E-state index contributed by atoms with van der Waals surface area (Å²) in [7, 11) is 1.65. The molecular weight excluding hydrogens is 418 g/mol. The standard InChI is InChI=1S/C27H35NO5/c1-7-32-25(29)16-28-23-15-24(31-6)17(2)12-22(23)20-9-8-19-14-21(11-10-18(19)13-20)33-26(30)27(3,4)5/h10-12,14-15,20,28H,7-9,13,16H2,1-6H3/t20-/m1/s1. The van der Waals surface area contributed by atoms with E-state index in [0.29, 0.717) is 18.3 Å². The molecule has 33 heavy (non-hydrogen) atoms. The van der Waals surface area contributed by atoms with Crippen LogP contribution in [0.4, 0.5) is 5.69 Å². The van der Waals surface area contributed by atoms with Gasteiger partial charge in [0.05, 0.1) is 19.1 Å². The Morgan fingerprint density at radius 1 is 1.12 bits per heavy atom. The van der Waals surface area contributed by atoms with E-state index >= 15 is 0 Å². The van der Waals surface area contributed by atoms with Crippen LogP contribution in [-0.2, 0) is 27.2 Å². The molecule has 1 aliphatic carbocycles. The predicted molar refractivity (Wildman–Crippen MR) is 129 cm³/mol. The Hall–Kier alpha value is -3.02. The number of carbonyl (C=O) groups is 2. The number of ether oxygens (including phenoxy) is 3. The summed E-state index contributed by atoms with van der Waals surface area (Å²) in [6.07, 6.45) is 2.73. The summed E-state index contributed by atoms with van der Waals surface area (Å²) in [6, 6.07) is 10.1. The quantitative estimate of drug-likeness (QED) is 0.459. The molecule has 6 nitrogen and oxygen atoms in total. The number of fused-ring (bicyclic) bond motifs is 1. The van der Waals surface area contributed by atoms with Gasteiger partial charge in [0.2, 0.25) is 0 Å². The lowest BCUT2D eigenvalue weighted by Crippen LogP contribution is -2.25. The summed E-state index contributed by atoms with van der Waals surface area (Å²) in [5.41, 5.74) is 5.06. The van der Waals surface area contributed by atoms with Crippen molar-refractivity contribution in [2.24, 2.45) is 5.41 Å². The van der Waals surface area contributed by atoms with E-state index in [0.717, 1.165) is 36.3 Å². The van der Waals surface area contributed by atoms with Gasteiger partial charge in [-0.25, -0.2) is 0 Å². The zero-order valence-corrected chi connectivity index (χ0v) is 20.5. The van der Waals surface area contributed by atoms with Crippen LogP contribution in [0.2, 0.25) is 0 Å². The summed E-state index contributed by atoms with van der Waals surface area (Å²) in [4.78, 5) is 24.1. The molecule has 0 saturated carbocycles. The van der Waals surface area contributed by atoms with Gasteiger partial charge in [-0.2, -0.15) is 0 Å². The van der Waals surface area contributed by atoms with E-state index in [-0.39, 0.29) is 18.5 Å². The summed E-state index contributed by atoms with van der Waals surface area (Å²) < 4.78 is 16.2. The maximum absolute atomic E-state index is 12.2. The van der Waals surface area contributed by atoms with Gasteiger partial charge in [-0.1, -0.05) is 12.1 Å². The smallest absolute Gasteiger partial charge is 0.325 e. The Balaban J connectivity index is 1.82. The fraction of sp³-hybridized carbons (Fsp3) is 0.481. The molecule has 0 saturated heterocycles. The fourth-order valence-electron chi connectivity index (χ4n) is 4.12. The van der Waals surface area contributed by atoms with Crippen LogP contribution in [0.5, 0.6) is 11.5 Å². The predicted octanol–water partition coefficient (Wildman–Crippen LogP) is 5.20. The van der Waals surface area contributed by atoms with Crippen molar-refractivity contribution in [3.05, 3.63) is 52.6 Å². The van der Waals surface area contributed by atoms with Crippen LogP contribution in [0.15, 0.2) is 30.3 Å². The fourth-order valence-corrected chi connectivity index (χ4v) is 4.12. The highest BCUT2D eigenvalue weighted by Gasteiger charge is 2.26. The molecule has 0 aromatic heterocycles. The van der Waals surface area contributed by atoms with Gasteiger partial charge < -0.3 is 19.5 Å². The highest BCUT2D eigenvalue weighted by Crippen LogP contribution is 2.40. The monoisotopic (exact) mass is 453 g/mol. The highest BCUT2D eigenvalue weighted by atomic mass is 16.5. The van der Waals surface area contributed by atoms with E-state index < -0.39 is 5.41 Å². The van der Waals surface area contributed by atoms with Gasteiger partial charge >= 0.3 is 11.9 Å². The van der Waals surface area contributed by atoms with Crippen LogP contribution >= 0.6 is 0 Å². The average molecular weight is 454 g/mol. The first kappa shape index (κ1) is 24.6. The van der Waals surface area contributed by atoms with E-state index in [1.807, 2.05) is 45.9 Å². The third-order valence-corrected chi connectivity index (χ3v) is 5.96. The van der Waals surface area contributed by atoms with E-state index in [4.69, 9.17) is 14.2 Å². The Morgan fingerprint density at radius 3 is 2.55 bits per heavy atom. The molecule has 0 fully saturated rings. The number of methoxy groups -OCH3 is 1. The van der Waals surface area contributed by atoms with Crippen molar-refractivity contribution >= 4 is 17.6 Å². The van der Waals surface area contributed by atoms with Crippen LogP contribution in [0.3, 0.4) is 0 Å². The first-order valence-corrected chi connectivity index (χ1v) is 11.5. The zero-order valence-electron chi connectivity index (χ0n) is 20.5. The molecule has 0 aliphatic heterocycles. The van der Waals surface area contributed by atoms with Gasteiger partial charge in [-0.15, -0.1) is 0 Å². The van der Waals surface area contributed by atoms with Crippen molar-refractivity contribution in [3.8, 4) is 11.5 Å². The van der Waals surface area contributed by atoms with Crippen molar-refractivity contribution in [2.45, 2.75) is 59.8 Å². The van der Waals surface area contributed by atoms with Crippen molar-refractivity contribution in [1.29, 1.82) is 0 Å². The number of hydrogen-bond acceptors (Lipinski definition) is 6. The van der Waals surface area contributed by atoms with Crippen molar-refractivity contribution in [3.63, 3.8) is 0 Å². The second-order valence-electron chi connectivity index (χ2n) is 9.58. The van der Waals surface area contributed by atoms with E-state index in [1.54, 1.807) is 14.0 Å². The van der Waals surface area contributed by atoms with Crippen molar-refractivity contribution < 1.29 is 23.8 Å². The first-order chi connectivity index (χ1) is 15.6. The lowest BCUT2D eigenvalue weighted by atomic mass is 9.79. The topological polar surface area (TPSA) is 73.9 Å². The molecule has 0 heterocycles. The summed E-state index contributed by atoms with van der Waals surface area (Å²) in [5.74, 6) is 1.17. The van der Waals surface area contributed by atoms with Gasteiger partial charge in [0, 0.05) is 11.8 Å². The number of anilines is 1. The molecule has 0 radical (unpaired) electrons. The maximum atomic E-state index is 12.2. The normalized spacial score (nSPS) is 15.4. The Labute approximate surface area is 196 Å². The minimum absolute atomic E-state index is 0.110. The zero-order chi connectivity index (χ0) is 24.2. The molecule has 0 unspecified atom stereocenters. The average Bonchev–Trinajstić information content (AvgIpc) is 2.77. The van der Waals surface area contributed by atoms with Gasteiger partial charge in [0.25, 0.3) is 0 Å². The Morgan fingerprint density at radius 2 is 1.88 bits per heavy atom. The molecule has 178 valence electrons. The van der Waals surface area contributed by atoms with Gasteiger partial charge in [0.1, 0.15) is 18.0 Å². The number of carbonyl (C=O) groups excluding carboxylic acids is 2. The number of nitrogens with one attached hydrogen (secondary N) is 1. The van der Waals surface area contributed by atoms with Gasteiger partial charge in [0.15, 0.2) is 0 Å². The molecule has 1 atom stereocenters. The number of hydrogen-bond donors (Lipinski definition) is 1. The summed E-state index contributed by atoms with van der Waals surface area (Å²) >= 11 is 0. The second kappa shape index (κ2) is 10.3. The molecular formula is C27H35NO5. The van der Waals surface area contributed by atoms with Crippen LogP contribution < -0.4 is 14.8 Å². The molecule has 1 N–H and O–H groups in total. The molecule has 0 amide bonds. The van der Waals surface area contributed by atoms with Crippen LogP contribution in [0.25, 0.3) is 0 Å². The minimum Gasteiger partial charge on any atom is -0.496 e. The van der Waals surface area contributed by atoms with E-state index in [2.05, 4.69) is 17.4 Å². The first-order valence-electron chi connectivity index (χ1n) is 11.5. The molecule has 6 heteroatoms. The molecule has 1 aliphatic rings. The number of aryl methyl sites for hydroxylation is 2. The Bertz CT molecular complexity index is 1020.